The Balaban J connectivity index is 2.35. The van der Waals surface area contributed by atoms with E-state index in [-0.39, 0.29) is 11.3 Å². The largest absolute Gasteiger partial charge is 0.357 e. The minimum absolute atomic E-state index is 0.171. The van der Waals surface area contributed by atoms with Gasteiger partial charge in [0.05, 0.1) is 11.4 Å². The fraction of sp³-hybridized carbons (Fsp3) is 0.438. The van der Waals surface area contributed by atoms with Gasteiger partial charge in [-0.1, -0.05) is 60.1 Å². The molecule has 1 aromatic carbocycles. The van der Waals surface area contributed by atoms with E-state index in [1.165, 1.54) is 5.01 Å². The first-order valence-electron chi connectivity index (χ1n) is 7.01. The molecular formula is C16H20BrN3O2. The second-order valence-corrected chi connectivity index (χ2v) is 7.46. The molecule has 0 N–H and O–H groups in total. The van der Waals surface area contributed by atoms with Crippen LogP contribution in [-0.4, -0.2) is 33.7 Å². The number of carbonyl (C=O) groups is 1. The van der Waals surface area contributed by atoms with E-state index < -0.39 is 4.32 Å². The van der Waals surface area contributed by atoms with Gasteiger partial charge in [0.25, 0.3) is 5.91 Å². The van der Waals surface area contributed by atoms with Crippen LogP contribution in [0.25, 0.3) is 0 Å². The summed E-state index contributed by atoms with van der Waals surface area (Å²) >= 11 is 3.56. The number of hydrazone groups is 1. The summed E-state index contributed by atoms with van der Waals surface area (Å²) in [6.45, 7) is 7.80. The van der Waals surface area contributed by atoms with Crippen molar-refractivity contribution in [3.8, 4) is 5.75 Å². The van der Waals surface area contributed by atoms with Crippen LogP contribution in [0, 0.1) is 5.41 Å². The first-order chi connectivity index (χ1) is 10.2. The summed E-state index contributed by atoms with van der Waals surface area (Å²) in [6.07, 6.45) is 0. The van der Waals surface area contributed by atoms with E-state index >= 15 is 0 Å². The molecule has 1 aliphatic rings. The molecule has 1 heterocycles. The van der Waals surface area contributed by atoms with Crippen LogP contribution in [0.5, 0.6) is 5.75 Å². The van der Waals surface area contributed by atoms with Crippen molar-refractivity contribution >= 4 is 33.3 Å². The maximum atomic E-state index is 12.6. The smallest absolute Gasteiger partial charge is 0.271 e. The lowest BCUT2D eigenvalue weighted by Crippen LogP contribution is -2.50. The second kappa shape index (κ2) is 5.83. The molecular weight excluding hydrogens is 346 g/mol. The average molecular weight is 366 g/mol. The van der Waals surface area contributed by atoms with Crippen molar-refractivity contribution in [3.05, 3.63) is 30.3 Å². The number of alkyl halides is 1. The molecule has 6 heteroatoms. The Labute approximate surface area is 139 Å². The maximum Gasteiger partial charge on any atom is 0.271 e. The molecule has 1 amide bonds. The first kappa shape index (κ1) is 16.7. The molecule has 5 nitrogen and oxygen atoms in total. The summed E-state index contributed by atoms with van der Waals surface area (Å²) in [5.74, 6) is 0.446. The van der Waals surface area contributed by atoms with Crippen LogP contribution in [0.2, 0.25) is 0 Å². The minimum atomic E-state index is -1.06. The molecule has 0 aromatic heterocycles. The van der Waals surface area contributed by atoms with Gasteiger partial charge in [-0.15, -0.1) is 0 Å². The molecule has 0 saturated carbocycles. The highest BCUT2D eigenvalue weighted by atomic mass is 79.9. The third-order valence-corrected chi connectivity index (χ3v) is 4.69. The molecule has 0 saturated heterocycles. The molecule has 1 aromatic rings. The van der Waals surface area contributed by atoms with Crippen LogP contribution in [0.3, 0.4) is 0 Å². The summed E-state index contributed by atoms with van der Waals surface area (Å²) in [5.41, 5.74) is 0.942. The van der Waals surface area contributed by atoms with E-state index in [9.17, 15) is 4.79 Å². The SMILES string of the molecule is C/C(=N/Oc1ccccc1)C1(Br)C(=O)N(C)N=C1C(C)(C)C. The van der Waals surface area contributed by atoms with Crippen molar-refractivity contribution in [2.75, 3.05) is 7.05 Å². The zero-order chi connectivity index (χ0) is 16.5. The summed E-state index contributed by atoms with van der Waals surface area (Å²) in [4.78, 5) is 18.0. The molecule has 22 heavy (non-hydrogen) atoms. The molecule has 1 aliphatic heterocycles. The van der Waals surface area contributed by atoms with Crippen molar-refractivity contribution < 1.29 is 9.63 Å². The number of hydrogen-bond acceptors (Lipinski definition) is 4. The van der Waals surface area contributed by atoms with Gasteiger partial charge in [-0.3, -0.25) is 4.79 Å². The van der Waals surface area contributed by atoms with E-state index in [2.05, 4.69) is 26.2 Å². The van der Waals surface area contributed by atoms with Gasteiger partial charge in [0.2, 0.25) is 0 Å². The molecule has 1 atom stereocenters. The van der Waals surface area contributed by atoms with Crippen molar-refractivity contribution in [2.45, 2.75) is 32.0 Å². The number of nitrogens with zero attached hydrogens (tertiary/aromatic N) is 3. The highest BCUT2D eigenvalue weighted by Gasteiger charge is 2.54. The Morgan fingerprint density at radius 1 is 1.32 bits per heavy atom. The van der Waals surface area contributed by atoms with E-state index in [1.54, 1.807) is 26.1 Å². The second-order valence-electron chi connectivity index (χ2n) is 6.27. The van der Waals surface area contributed by atoms with E-state index in [4.69, 9.17) is 4.84 Å². The van der Waals surface area contributed by atoms with Crippen molar-refractivity contribution in [3.63, 3.8) is 0 Å². The van der Waals surface area contributed by atoms with Gasteiger partial charge in [-0.2, -0.15) is 5.10 Å². The maximum absolute atomic E-state index is 12.6. The van der Waals surface area contributed by atoms with Crippen molar-refractivity contribution in [1.29, 1.82) is 0 Å². The molecule has 0 radical (unpaired) electrons. The highest BCUT2D eigenvalue weighted by molar-refractivity contribution is 9.11. The number of oxime groups is 1. The molecule has 0 spiro atoms. The topological polar surface area (TPSA) is 54.3 Å². The Kier molecular flexibility index (Phi) is 4.42. The van der Waals surface area contributed by atoms with Gasteiger partial charge < -0.3 is 4.84 Å². The number of benzene rings is 1. The fourth-order valence-electron chi connectivity index (χ4n) is 2.25. The molecule has 0 bridgehead atoms. The number of hydrogen-bond donors (Lipinski definition) is 0. The number of halogens is 1. The van der Waals surface area contributed by atoms with Crippen LogP contribution in [0.1, 0.15) is 27.7 Å². The third kappa shape index (κ3) is 2.92. The Bertz CT molecular complexity index is 635. The van der Waals surface area contributed by atoms with E-state index in [0.717, 1.165) is 0 Å². The third-order valence-electron chi connectivity index (χ3n) is 3.41. The summed E-state index contributed by atoms with van der Waals surface area (Å²) in [5, 5.41) is 9.87. The van der Waals surface area contributed by atoms with Crippen molar-refractivity contribution in [2.24, 2.45) is 15.7 Å². The number of amides is 1. The quantitative estimate of drug-likeness (QED) is 0.467. The zero-order valence-corrected chi connectivity index (χ0v) is 15.0. The van der Waals surface area contributed by atoms with Gasteiger partial charge in [0, 0.05) is 12.5 Å². The Hall–Kier alpha value is -1.69. The number of carbonyl (C=O) groups excluding carboxylic acids is 1. The first-order valence-corrected chi connectivity index (χ1v) is 7.80. The molecule has 0 fully saturated rings. The molecule has 118 valence electrons. The van der Waals surface area contributed by atoms with Crippen LogP contribution in [0.15, 0.2) is 40.6 Å². The van der Waals surface area contributed by atoms with E-state index in [1.807, 2.05) is 39.0 Å². The van der Waals surface area contributed by atoms with Gasteiger partial charge in [-0.25, -0.2) is 5.01 Å². The van der Waals surface area contributed by atoms with E-state index in [0.29, 0.717) is 17.2 Å². The average Bonchev–Trinajstić information content (AvgIpc) is 2.71. The van der Waals surface area contributed by atoms with Crippen molar-refractivity contribution in [1.82, 2.24) is 5.01 Å². The fourth-order valence-corrected chi connectivity index (χ4v) is 3.25. The predicted octanol–water partition coefficient (Wildman–Crippen LogP) is 3.45. The molecule has 1 unspecified atom stereocenters. The number of rotatable bonds is 3. The van der Waals surface area contributed by atoms with Crippen LogP contribution < -0.4 is 4.84 Å². The lowest BCUT2D eigenvalue weighted by Gasteiger charge is -2.28. The minimum Gasteiger partial charge on any atom is -0.357 e. The van der Waals surface area contributed by atoms with Crippen LogP contribution in [0.4, 0.5) is 0 Å². The standard InChI is InChI=1S/C16H20BrN3O2/c1-11(19-22-12-9-7-6-8-10-12)16(17)13(15(2,3)4)18-20(5)14(16)21/h6-10H,1-5H3/b19-11-. The number of para-hydroxylation sites is 1. The normalized spacial score (nSPS) is 22.8. The lowest BCUT2D eigenvalue weighted by molar-refractivity contribution is -0.127. The molecule has 0 aliphatic carbocycles. The predicted molar refractivity (Wildman–Crippen MR) is 91.5 cm³/mol. The lowest BCUT2D eigenvalue weighted by atomic mass is 9.80. The molecule has 2 rings (SSSR count). The van der Waals surface area contributed by atoms with Crippen LogP contribution in [-0.2, 0) is 4.79 Å². The Morgan fingerprint density at radius 2 is 1.91 bits per heavy atom. The summed E-state index contributed by atoms with van der Waals surface area (Å²) in [6, 6.07) is 9.23. The zero-order valence-electron chi connectivity index (χ0n) is 13.4. The van der Waals surface area contributed by atoms with Gasteiger partial charge in [0.15, 0.2) is 10.1 Å². The van der Waals surface area contributed by atoms with Gasteiger partial charge in [0.1, 0.15) is 0 Å². The summed E-state index contributed by atoms with van der Waals surface area (Å²) < 4.78 is -1.06. The van der Waals surface area contributed by atoms with Crippen LogP contribution >= 0.6 is 15.9 Å². The van der Waals surface area contributed by atoms with Gasteiger partial charge >= 0.3 is 0 Å². The Morgan fingerprint density at radius 3 is 2.45 bits per heavy atom. The highest BCUT2D eigenvalue weighted by Crippen LogP contribution is 2.38. The summed E-state index contributed by atoms with van der Waals surface area (Å²) in [7, 11) is 1.64. The van der Waals surface area contributed by atoms with Gasteiger partial charge in [-0.05, 0) is 19.1 Å². The monoisotopic (exact) mass is 365 g/mol.